The third-order valence-electron chi connectivity index (χ3n) is 2.93. The van der Waals surface area contributed by atoms with Crippen LogP contribution in [0.1, 0.15) is 11.1 Å². The number of hydrogen-bond donors (Lipinski definition) is 1. The second-order valence-corrected chi connectivity index (χ2v) is 6.75. The van der Waals surface area contributed by atoms with Crippen molar-refractivity contribution in [3.8, 4) is 0 Å². The Bertz CT molecular complexity index is 719. The molecule has 0 aromatic heterocycles. The number of carbonyl (C=O) groups is 1. The average molecular weight is 404 g/mol. The molecule has 0 aliphatic rings. The van der Waals surface area contributed by atoms with Crippen molar-refractivity contribution in [1.82, 2.24) is 0 Å². The second-order valence-electron chi connectivity index (χ2n) is 4.85. The molecule has 0 heterocycles. The Hall–Kier alpha value is -1.47. The van der Waals surface area contributed by atoms with E-state index in [0.717, 1.165) is 33.9 Å². The summed E-state index contributed by atoms with van der Waals surface area (Å²) in [6.07, 6.45) is -4.38. The Balaban J connectivity index is 1.97. The van der Waals surface area contributed by atoms with Gasteiger partial charge in [0.05, 0.1) is 17.0 Å². The van der Waals surface area contributed by atoms with Crippen LogP contribution < -0.4 is 5.32 Å². The van der Waals surface area contributed by atoms with E-state index >= 15 is 0 Å². The lowest BCUT2D eigenvalue weighted by atomic mass is 10.2. The summed E-state index contributed by atoms with van der Waals surface area (Å²) in [6.45, 7) is 1.93. The highest BCUT2D eigenvalue weighted by atomic mass is 79.9. The molecule has 7 heteroatoms. The van der Waals surface area contributed by atoms with Crippen molar-refractivity contribution in [3.63, 3.8) is 0 Å². The molecule has 0 saturated heterocycles. The van der Waals surface area contributed by atoms with Crippen molar-refractivity contribution in [3.05, 3.63) is 58.1 Å². The highest BCUT2D eigenvalue weighted by Gasteiger charge is 2.30. The van der Waals surface area contributed by atoms with Crippen molar-refractivity contribution < 1.29 is 18.0 Å². The Morgan fingerprint density at radius 3 is 2.61 bits per heavy atom. The molecule has 2 rings (SSSR count). The summed E-state index contributed by atoms with van der Waals surface area (Å²) in [5, 5.41) is 2.72. The number of alkyl halides is 3. The van der Waals surface area contributed by atoms with Crippen molar-refractivity contribution >= 4 is 39.3 Å². The summed E-state index contributed by atoms with van der Waals surface area (Å²) in [5.74, 6) is -0.251. The largest absolute Gasteiger partial charge is 0.416 e. The lowest BCUT2D eigenvalue weighted by Crippen LogP contribution is -2.14. The van der Waals surface area contributed by atoms with Crippen molar-refractivity contribution in [2.75, 3.05) is 11.1 Å². The highest BCUT2D eigenvalue weighted by molar-refractivity contribution is 9.10. The van der Waals surface area contributed by atoms with Crippen LogP contribution >= 0.6 is 27.7 Å². The molecule has 1 amide bonds. The van der Waals surface area contributed by atoms with Crippen molar-refractivity contribution in [1.29, 1.82) is 0 Å². The molecule has 1 N–H and O–H groups in total. The molecule has 0 saturated carbocycles. The Morgan fingerprint density at radius 2 is 1.96 bits per heavy atom. The number of rotatable bonds is 4. The van der Waals surface area contributed by atoms with Gasteiger partial charge in [-0.25, -0.2) is 0 Å². The first-order valence-corrected chi connectivity index (χ1v) is 8.39. The van der Waals surface area contributed by atoms with Crippen molar-refractivity contribution in [2.24, 2.45) is 0 Å². The predicted molar refractivity (Wildman–Crippen MR) is 89.7 cm³/mol. The van der Waals surface area contributed by atoms with Gasteiger partial charge in [0.15, 0.2) is 0 Å². The normalized spacial score (nSPS) is 11.3. The molecule has 122 valence electrons. The van der Waals surface area contributed by atoms with Gasteiger partial charge in [0.25, 0.3) is 0 Å². The lowest BCUT2D eigenvalue weighted by Gasteiger charge is -2.10. The molecule has 2 aromatic carbocycles. The van der Waals surface area contributed by atoms with E-state index in [9.17, 15) is 18.0 Å². The van der Waals surface area contributed by atoms with E-state index in [-0.39, 0.29) is 11.7 Å². The molecule has 0 radical (unpaired) electrons. The van der Waals surface area contributed by atoms with Crippen LogP contribution in [0, 0.1) is 6.92 Å². The van der Waals surface area contributed by atoms with Gasteiger partial charge in [-0.15, -0.1) is 11.8 Å². The SMILES string of the molecule is Cc1ccc(NC(=O)CSc2cccc(C(F)(F)F)c2)c(Br)c1. The third kappa shape index (κ3) is 5.28. The maximum Gasteiger partial charge on any atom is 0.416 e. The number of amides is 1. The number of carbonyl (C=O) groups excluding carboxylic acids is 1. The van der Waals surface area contributed by atoms with Crippen LogP contribution in [-0.2, 0) is 11.0 Å². The molecule has 0 bridgehead atoms. The van der Waals surface area contributed by atoms with Gasteiger partial charge in [-0.1, -0.05) is 12.1 Å². The van der Waals surface area contributed by atoms with E-state index in [1.807, 2.05) is 19.1 Å². The van der Waals surface area contributed by atoms with Gasteiger partial charge < -0.3 is 5.32 Å². The fraction of sp³-hybridized carbons (Fsp3) is 0.188. The Morgan fingerprint density at radius 1 is 1.22 bits per heavy atom. The first kappa shape index (κ1) is 17.9. The topological polar surface area (TPSA) is 29.1 Å². The van der Waals surface area contributed by atoms with Gasteiger partial charge in [0, 0.05) is 9.37 Å². The molecule has 0 aliphatic heterocycles. The zero-order valence-electron chi connectivity index (χ0n) is 12.1. The van der Waals surface area contributed by atoms with Crippen LogP contribution in [0.3, 0.4) is 0 Å². The summed E-state index contributed by atoms with van der Waals surface area (Å²) in [5.41, 5.74) is 0.961. The van der Waals surface area contributed by atoms with Gasteiger partial charge in [-0.3, -0.25) is 4.79 Å². The molecule has 0 unspecified atom stereocenters. The van der Waals surface area contributed by atoms with Gasteiger partial charge in [0.2, 0.25) is 5.91 Å². The van der Waals surface area contributed by atoms with Gasteiger partial charge >= 0.3 is 6.18 Å². The zero-order valence-corrected chi connectivity index (χ0v) is 14.5. The van der Waals surface area contributed by atoms with Crippen LogP contribution in [0.2, 0.25) is 0 Å². The number of benzene rings is 2. The molecule has 2 aromatic rings. The number of anilines is 1. The second kappa shape index (κ2) is 7.40. The molecule has 0 atom stereocenters. The van der Waals surface area contributed by atoms with Crippen LogP contribution in [0.5, 0.6) is 0 Å². The standard InChI is InChI=1S/C16H13BrF3NOS/c1-10-5-6-14(13(17)7-10)21-15(22)9-23-12-4-2-3-11(8-12)16(18,19)20/h2-8H,9H2,1H3,(H,21,22). The molecular formula is C16H13BrF3NOS. The van der Waals surface area contributed by atoms with E-state index in [1.54, 1.807) is 12.1 Å². The molecular weight excluding hydrogens is 391 g/mol. The van der Waals surface area contributed by atoms with Gasteiger partial charge in [-0.05, 0) is 58.7 Å². The van der Waals surface area contributed by atoms with E-state index in [1.165, 1.54) is 6.07 Å². The Kier molecular flexibility index (Phi) is 5.75. The third-order valence-corrected chi connectivity index (χ3v) is 4.58. The van der Waals surface area contributed by atoms with Crippen LogP contribution in [0.4, 0.5) is 18.9 Å². The minimum atomic E-state index is -4.38. The molecule has 0 spiro atoms. The fourth-order valence-corrected chi connectivity index (χ4v) is 3.17. The zero-order chi connectivity index (χ0) is 17.0. The Labute approximate surface area is 144 Å². The van der Waals surface area contributed by atoms with E-state index in [4.69, 9.17) is 0 Å². The fourth-order valence-electron chi connectivity index (χ4n) is 1.82. The first-order valence-electron chi connectivity index (χ1n) is 6.62. The maximum absolute atomic E-state index is 12.6. The van der Waals surface area contributed by atoms with E-state index in [2.05, 4.69) is 21.2 Å². The van der Waals surface area contributed by atoms with Crippen molar-refractivity contribution in [2.45, 2.75) is 18.0 Å². The minimum absolute atomic E-state index is 0.0294. The minimum Gasteiger partial charge on any atom is -0.324 e. The summed E-state index contributed by atoms with van der Waals surface area (Å²) in [6, 6.07) is 10.4. The average Bonchev–Trinajstić information content (AvgIpc) is 2.47. The van der Waals surface area contributed by atoms with E-state index in [0.29, 0.717) is 10.6 Å². The van der Waals surface area contributed by atoms with Crippen LogP contribution in [0.15, 0.2) is 51.8 Å². The smallest absolute Gasteiger partial charge is 0.324 e. The van der Waals surface area contributed by atoms with Crippen LogP contribution in [0.25, 0.3) is 0 Å². The quantitative estimate of drug-likeness (QED) is 0.682. The summed E-state index contributed by atoms with van der Waals surface area (Å²) < 4.78 is 38.7. The predicted octanol–water partition coefficient (Wildman–Crippen LogP) is 5.51. The van der Waals surface area contributed by atoms with E-state index < -0.39 is 11.7 Å². The highest BCUT2D eigenvalue weighted by Crippen LogP contribution is 2.32. The lowest BCUT2D eigenvalue weighted by molar-refractivity contribution is -0.137. The molecule has 0 aliphatic carbocycles. The number of nitrogens with one attached hydrogen (secondary N) is 1. The molecule has 0 fully saturated rings. The summed E-state index contributed by atoms with van der Waals surface area (Å²) in [7, 11) is 0. The number of hydrogen-bond acceptors (Lipinski definition) is 2. The summed E-state index contributed by atoms with van der Waals surface area (Å²) >= 11 is 4.42. The van der Waals surface area contributed by atoms with Crippen LogP contribution in [-0.4, -0.2) is 11.7 Å². The van der Waals surface area contributed by atoms with Gasteiger partial charge in [-0.2, -0.15) is 13.2 Å². The number of halogens is 4. The molecule has 23 heavy (non-hydrogen) atoms. The molecule has 2 nitrogen and oxygen atoms in total. The number of aryl methyl sites for hydroxylation is 1. The summed E-state index contributed by atoms with van der Waals surface area (Å²) in [4.78, 5) is 12.3. The monoisotopic (exact) mass is 403 g/mol. The number of thioether (sulfide) groups is 1. The first-order chi connectivity index (χ1) is 10.8. The van der Waals surface area contributed by atoms with Gasteiger partial charge in [0.1, 0.15) is 0 Å². The maximum atomic E-state index is 12.6.